The summed E-state index contributed by atoms with van der Waals surface area (Å²) in [6.07, 6.45) is 4.24. The summed E-state index contributed by atoms with van der Waals surface area (Å²) in [7, 11) is 0. The first-order chi connectivity index (χ1) is 8.81. The molecule has 4 nitrogen and oxygen atoms in total. The minimum atomic E-state index is -0.109. The quantitative estimate of drug-likeness (QED) is 0.716. The molecule has 1 aliphatic rings. The molecule has 98 valence electrons. The van der Waals surface area contributed by atoms with Crippen molar-refractivity contribution in [3.05, 3.63) is 23.8 Å². The van der Waals surface area contributed by atoms with Gasteiger partial charge in [0.05, 0.1) is 0 Å². The number of carbonyl (C=O) groups is 1. The Bertz CT molecular complexity index is 418. The fourth-order valence-corrected chi connectivity index (χ4v) is 2.17. The summed E-state index contributed by atoms with van der Waals surface area (Å²) < 4.78 is 0. The zero-order chi connectivity index (χ0) is 12.8. The van der Waals surface area contributed by atoms with Crippen molar-refractivity contribution in [2.24, 2.45) is 0 Å². The molecule has 1 aromatic carbocycles. The van der Waals surface area contributed by atoms with Gasteiger partial charge in [0, 0.05) is 24.5 Å². The molecule has 0 spiro atoms. The molecule has 0 fully saturated rings. The Hall–Kier alpha value is -1.71. The number of benzene rings is 1. The van der Waals surface area contributed by atoms with Crippen molar-refractivity contribution in [1.82, 2.24) is 5.32 Å². The number of carbonyl (C=O) groups excluding carboxylic acids is 1. The van der Waals surface area contributed by atoms with Gasteiger partial charge in [-0.15, -0.1) is 0 Å². The van der Waals surface area contributed by atoms with Crippen LogP contribution >= 0.6 is 0 Å². The van der Waals surface area contributed by atoms with Crippen LogP contribution in [0.3, 0.4) is 0 Å². The van der Waals surface area contributed by atoms with Gasteiger partial charge in [0.2, 0.25) is 0 Å². The first kappa shape index (κ1) is 12.7. The van der Waals surface area contributed by atoms with Gasteiger partial charge in [0.25, 0.3) is 0 Å². The summed E-state index contributed by atoms with van der Waals surface area (Å²) in [5, 5.41) is 9.16. The summed E-state index contributed by atoms with van der Waals surface area (Å²) >= 11 is 0. The largest absolute Gasteiger partial charge is 0.385 e. The van der Waals surface area contributed by atoms with Crippen LogP contribution in [0.1, 0.15) is 31.7 Å². The lowest BCUT2D eigenvalue weighted by Crippen LogP contribution is -2.30. The Morgan fingerprint density at radius 3 is 3.17 bits per heavy atom. The Kier molecular flexibility index (Phi) is 4.45. The van der Waals surface area contributed by atoms with Gasteiger partial charge in [-0.1, -0.05) is 19.4 Å². The lowest BCUT2D eigenvalue weighted by Gasteiger charge is -2.21. The maximum absolute atomic E-state index is 11.7. The number of unbranched alkanes of at least 4 members (excludes halogenated alkanes) is 1. The highest BCUT2D eigenvalue weighted by molar-refractivity contribution is 5.91. The average Bonchev–Trinajstić information content (AvgIpc) is 2.39. The minimum absolute atomic E-state index is 0.109. The number of fused-ring (bicyclic) bond motifs is 1. The van der Waals surface area contributed by atoms with Crippen molar-refractivity contribution in [2.75, 3.05) is 23.7 Å². The highest BCUT2D eigenvalue weighted by Gasteiger charge is 2.13. The van der Waals surface area contributed by atoms with Gasteiger partial charge in [-0.05, 0) is 37.0 Å². The molecule has 2 rings (SSSR count). The second kappa shape index (κ2) is 6.28. The summed E-state index contributed by atoms with van der Waals surface area (Å²) in [6.45, 7) is 3.85. The molecule has 0 atom stereocenters. The van der Waals surface area contributed by atoms with E-state index in [4.69, 9.17) is 0 Å². The predicted octanol–water partition coefficient (Wildman–Crippen LogP) is 2.97. The summed E-state index contributed by atoms with van der Waals surface area (Å²) in [6, 6.07) is 5.89. The van der Waals surface area contributed by atoms with Gasteiger partial charge in [-0.3, -0.25) is 0 Å². The van der Waals surface area contributed by atoms with Crippen molar-refractivity contribution >= 4 is 17.4 Å². The van der Waals surface area contributed by atoms with Crippen molar-refractivity contribution in [1.29, 1.82) is 0 Å². The molecule has 0 saturated heterocycles. The molecular weight excluding hydrogens is 226 g/mol. The van der Waals surface area contributed by atoms with E-state index in [-0.39, 0.29) is 6.03 Å². The monoisotopic (exact) mass is 247 g/mol. The smallest absolute Gasteiger partial charge is 0.319 e. The molecule has 0 unspecified atom stereocenters. The first-order valence-electron chi connectivity index (χ1n) is 6.72. The van der Waals surface area contributed by atoms with Crippen molar-refractivity contribution in [3.63, 3.8) is 0 Å². The van der Waals surface area contributed by atoms with Crippen LogP contribution in [0.25, 0.3) is 0 Å². The molecule has 18 heavy (non-hydrogen) atoms. The number of hydrogen-bond donors (Lipinski definition) is 3. The third kappa shape index (κ3) is 3.15. The molecule has 4 heteroatoms. The van der Waals surface area contributed by atoms with E-state index in [1.807, 2.05) is 12.1 Å². The van der Waals surface area contributed by atoms with Crippen LogP contribution < -0.4 is 16.0 Å². The number of rotatable bonds is 4. The molecular formula is C14H21N3O. The van der Waals surface area contributed by atoms with E-state index in [0.717, 1.165) is 50.1 Å². The fourth-order valence-electron chi connectivity index (χ4n) is 2.17. The number of anilines is 2. The zero-order valence-corrected chi connectivity index (χ0v) is 10.9. The van der Waals surface area contributed by atoms with Crippen LogP contribution in [0.4, 0.5) is 16.2 Å². The van der Waals surface area contributed by atoms with E-state index < -0.39 is 0 Å². The Labute approximate surface area is 108 Å². The lowest BCUT2D eigenvalue weighted by molar-refractivity contribution is 0.252. The van der Waals surface area contributed by atoms with Gasteiger partial charge in [-0.2, -0.15) is 0 Å². The molecule has 0 bridgehead atoms. The second-order valence-corrected chi connectivity index (χ2v) is 4.60. The molecule has 1 heterocycles. The van der Waals surface area contributed by atoms with E-state index in [9.17, 15) is 4.79 Å². The van der Waals surface area contributed by atoms with Gasteiger partial charge in [0.15, 0.2) is 0 Å². The van der Waals surface area contributed by atoms with Crippen LogP contribution in [0, 0.1) is 0 Å². The Balaban J connectivity index is 1.98. The van der Waals surface area contributed by atoms with E-state index >= 15 is 0 Å². The molecule has 3 N–H and O–H groups in total. The number of nitrogens with one attached hydrogen (secondary N) is 3. The number of amides is 2. The maximum atomic E-state index is 11.7. The van der Waals surface area contributed by atoms with Crippen LogP contribution in [0.15, 0.2) is 18.2 Å². The van der Waals surface area contributed by atoms with Crippen molar-refractivity contribution < 1.29 is 4.79 Å². The number of urea groups is 1. The van der Waals surface area contributed by atoms with Crippen LogP contribution in [-0.2, 0) is 6.42 Å². The van der Waals surface area contributed by atoms with Crippen molar-refractivity contribution in [2.45, 2.75) is 32.6 Å². The Morgan fingerprint density at radius 2 is 2.33 bits per heavy atom. The predicted molar refractivity (Wildman–Crippen MR) is 75.2 cm³/mol. The average molecular weight is 247 g/mol. The standard InChI is InChI=1S/C14H21N3O/c1-2-3-9-16-14(18)17-13-8-4-7-12-11(13)6-5-10-15-12/h4,7-8,15H,2-3,5-6,9-10H2,1H3,(H2,16,17,18). The molecule has 0 aliphatic carbocycles. The zero-order valence-electron chi connectivity index (χ0n) is 10.9. The van der Waals surface area contributed by atoms with E-state index in [1.165, 1.54) is 5.56 Å². The third-order valence-electron chi connectivity index (χ3n) is 3.16. The molecule has 0 saturated carbocycles. The fraction of sp³-hybridized carbons (Fsp3) is 0.500. The van der Waals surface area contributed by atoms with Gasteiger partial charge in [0.1, 0.15) is 0 Å². The van der Waals surface area contributed by atoms with E-state index in [2.05, 4.69) is 28.9 Å². The molecule has 0 aromatic heterocycles. The maximum Gasteiger partial charge on any atom is 0.319 e. The first-order valence-corrected chi connectivity index (χ1v) is 6.72. The van der Waals surface area contributed by atoms with Gasteiger partial charge >= 0.3 is 6.03 Å². The molecule has 2 amide bonds. The Morgan fingerprint density at radius 1 is 1.44 bits per heavy atom. The van der Waals surface area contributed by atoms with Crippen LogP contribution in [0.2, 0.25) is 0 Å². The summed E-state index contributed by atoms with van der Waals surface area (Å²) in [5.74, 6) is 0. The topological polar surface area (TPSA) is 53.2 Å². The second-order valence-electron chi connectivity index (χ2n) is 4.60. The molecule has 1 aromatic rings. The highest BCUT2D eigenvalue weighted by atomic mass is 16.2. The van der Waals surface area contributed by atoms with E-state index in [1.54, 1.807) is 0 Å². The third-order valence-corrected chi connectivity index (χ3v) is 3.16. The van der Waals surface area contributed by atoms with Crippen LogP contribution in [-0.4, -0.2) is 19.1 Å². The van der Waals surface area contributed by atoms with Gasteiger partial charge in [-0.25, -0.2) is 4.79 Å². The summed E-state index contributed by atoms with van der Waals surface area (Å²) in [5.41, 5.74) is 3.29. The van der Waals surface area contributed by atoms with E-state index in [0.29, 0.717) is 0 Å². The van der Waals surface area contributed by atoms with Gasteiger partial charge < -0.3 is 16.0 Å². The summed E-state index contributed by atoms with van der Waals surface area (Å²) in [4.78, 5) is 11.7. The minimum Gasteiger partial charge on any atom is -0.385 e. The highest BCUT2D eigenvalue weighted by Crippen LogP contribution is 2.28. The molecule has 1 aliphatic heterocycles. The molecule has 0 radical (unpaired) electrons. The number of hydrogen-bond acceptors (Lipinski definition) is 2. The van der Waals surface area contributed by atoms with Crippen molar-refractivity contribution in [3.8, 4) is 0 Å². The van der Waals surface area contributed by atoms with Crippen LogP contribution in [0.5, 0.6) is 0 Å². The SMILES string of the molecule is CCCCNC(=O)Nc1cccc2c1CCCN2. The lowest BCUT2D eigenvalue weighted by atomic mass is 10.0. The normalized spacial score (nSPS) is 13.4.